The Balaban J connectivity index is 3.77. The van der Waals surface area contributed by atoms with Gasteiger partial charge >= 0.3 is 34.7 Å². The van der Waals surface area contributed by atoms with Crippen molar-refractivity contribution in [2.45, 2.75) is 57.9 Å². The SMILES string of the molecule is CO[Si](C)(C)O[Si](O[Si](C)(CCCOCC1CO1)O[Si](C)(C)C)([Si](O[Si])([Si]O)[Si]O)[Si](O[Si]O)([Si]O)[Si]O. The highest BCUT2D eigenvalue weighted by Gasteiger charge is 2.78. The van der Waals surface area contributed by atoms with Crippen LogP contribution in [0.2, 0.25) is 45.3 Å². The lowest BCUT2D eigenvalue weighted by atomic mass is 10.5. The summed E-state index contributed by atoms with van der Waals surface area (Å²) in [6, 6.07) is 0.458. The van der Waals surface area contributed by atoms with Crippen LogP contribution in [0.4, 0.5) is 0 Å². The molecule has 0 aromatic rings. The topological polar surface area (TPSA) is 178 Å². The van der Waals surface area contributed by atoms with Crippen molar-refractivity contribution in [3.63, 3.8) is 0 Å². The molecule has 1 aliphatic rings. The van der Waals surface area contributed by atoms with Crippen molar-refractivity contribution in [2.75, 3.05) is 26.9 Å². The minimum atomic E-state index is -4.33. The Labute approximate surface area is 246 Å². The summed E-state index contributed by atoms with van der Waals surface area (Å²) in [5.41, 5.74) is 0. The Kier molecular flexibility index (Phi) is 16.3. The van der Waals surface area contributed by atoms with E-state index < -0.39 is 93.9 Å². The van der Waals surface area contributed by atoms with Crippen LogP contribution in [0.1, 0.15) is 6.42 Å². The molecule has 215 valence electrons. The zero-order valence-electron chi connectivity index (χ0n) is 22.6. The first-order chi connectivity index (χ1) is 17.6. The van der Waals surface area contributed by atoms with Crippen LogP contribution in [0.5, 0.6) is 0 Å². The fourth-order valence-corrected chi connectivity index (χ4v) is 108. The van der Waals surface area contributed by atoms with Crippen molar-refractivity contribution >= 4 is 104 Å². The Morgan fingerprint density at radius 1 is 0.868 bits per heavy atom. The van der Waals surface area contributed by atoms with Crippen LogP contribution in [-0.4, -0.2) is 161 Å². The highest BCUT2D eigenvalue weighted by atomic mass is 30.2. The third-order valence-electron chi connectivity index (χ3n) is 5.30. The summed E-state index contributed by atoms with van der Waals surface area (Å²) in [4.78, 5) is 53.0. The molecule has 0 aliphatic carbocycles. The molecule has 0 amide bonds. The molecule has 0 aromatic heterocycles. The van der Waals surface area contributed by atoms with Gasteiger partial charge in [-0.3, -0.25) is 0 Å². The molecule has 1 fully saturated rings. The van der Waals surface area contributed by atoms with Gasteiger partial charge in [-0.1, -0.05) is 0 Å². The lowest BCUT2D eigenvalue weighted by Gasteiger charge is -2.54. The second kappa shape index (κ2) is 16.2. The summed E-state index contributed by atoms with van der Waals surface area (Å²) in [5.74, 6) is 0. The molecule has 0 saturated carbocycles. The van der Waals surface area contributed by atoms with Gasteiger partial charge in [0, 0.05) is 13.7 Å². The summed E-state index contributed by atoms with van der Waals surface area (Å²) in [6.45, 7) is 5.17. The molecule has 3 unspecified atom stereocenters. The first-order valence-electron chi connectivity index (χ1n) is 11.5. The summed E-state index contributed by atoms with van der Waals surface area (Å²) >= 11 is 0. The van der Waals surface area contributed by atoms with Crippen LogP contribution in [0.15, 0.2) is 0 Å². The minimum Gasteiger partial charge on any atom is -0.457 e. The van der Waals surface area contributed by atoms with Crippen molar-refractivity contribution in [1.29, 1.82) is 0 Å². The molecule has 1 heterocycles. The van der Waals surface area contributed by atoms with Crippen molar-refractivity contribution in [3.8, 4) is 0 Å². The zero-order chi connectivity index (χ0) is 29.3. The Bertz CT molecular complexity index is 687. The number of rotatable bonds is 22. The number of epoxide rings is 1. The lowest BCUT2D eigenvalue weighted by molar-refractivity contribution is 0.115. The first kappa shape index (κ1) is 38.1. The monoisotopic (exact) mass is 737 g/mol. The van der Waals surface area contributed by atoms with Crippen LogP contribution in [0.3, 0.4) is 0 Å². The first-order valence-corrected chi connectivity index (χ1v) is 37.0. The predicted octanol–water partition coefficient (Wildman–Crippen LogP) is -3.34. The molecule has 13 radical (unpaired) electrons. The van der Waals surface area contributed by atoms with Gasteiger partial charge in [-0.05, 0) is 51.7 Å². The highest BCUT2D eigenvalue weighted by molar-refractivity contribution is 7.96. The molecule has 1 rings (SSSR count). The Morgan fingerprint density at radius 2 is 1.42 bits per heavy atom. The molecule has 3 atom stereocenters. The molecule has 13 nitrogen and oxygen atoms in total. The third-order valence-corrected chi connectivity index (χ3v) is 77.4. The van der Waals surface area contributed by atoms with E-state index >= 15 is 0 Å². The normalized spacial score (nSPS) is 20.3. The van der Waals surface area contributed by atoms with E-state index in [1.54, 1.807) is 13.1 Å². The summed E-state index contributed by atoms with van der Waals surface area (Å²) in [6.07, 6.45) is 0.724. The number of ether oxygens (including phenoxy) is 2. The summed E-state index contributed by atoms with van der Waals surface area (Å²) in [5, 5.41) is 0. The van der Waals surface area contributed by atoms with Crippen LogP contribution in [-0.2, 0) is 34.5 Å². The fraction of sp³-hybridized carbons (Fsp3) is 1.00. The average Bonchev–Trinajstić information content (AvgIpc) is 3.66. The van der Waals surface area contributed by atoms with E-state index in [2.05, 4.69) is 10.5 Å². The standard InChI is InChI=1S/C13H37O13Si12/c1-19-34(5,6)25-36(37(22-27,29-15)30-16,38(31-17,32-18)23-28-14)26-35(7,24-33(2,3)4)10-8-9-20-11-13-12-21-13/h13-18H,8-12H2,1-7H3. The van der Waals surface area contributed by atoms with E-state index in [9.17, 15) is 24.0 Å². The predicted molar refractivity (Wildman–Crippen MR) is 158 cm³/mol. The zero-order valence-corrected chi connectivity index (χ0v) is 34.6. The summed E-state index contributed by atoms with van der Waals surface area (Å²) < 4.78 is 48.8. The average molecular weight is 738 g/mol. The van der Waals surface area contributed by atoms with Crippen LogP contribution in [0, 0.1) is 0 Å². The molecule has 0 spiro atoms. The van der Waals surface area contributed by atoms with Gasteiger partial charge in [0.25, 0.3) is 13.7 Å². The van der Waals surface area contributed by atoms with E-state index in [0.29, 0.717) is 32.3 Å². The molecular formula is C13H37O13Si12. The second-order valence-corrected chi connectivity index (χ2v) is 59.1. The van der Waals surface area contributed by atoms with Gasteiger partial charge < -0.3 is 58.5 Å². The Hall–Kier alpha value is 2.08. The summed E-state index contributed by atoms with van der Waals surface area (Å²) in [7, 11) is -13.4. The van der Waals surface area contributed by atoms with E-state index in [0.717, 1.165) is 0 Å². The fourth-order valence-electron chi connectivity index (χ4n) is 3.53. The molecule has 0 bridgehead atoms. The van der Waals surface area contributed by atoms with Crippen molar-refractivity contribution < 1.29 is 58.5 Å². The molecule has 0 aromatic carbocycles. The van der Waals surface area contributed by atoms with E-state index in [1.165, 1.54) is 7.11 Å². The van der Waals surface area contributed by atoms with Gasteiger partial charge in [-0.15, -0.1) is 0 Å². The smallest absolute Gasteiger partial charge is 0.418 e. The number of hydrogen-bond acceptors (Lipinski definition) is 13. The maximum atomic E-state index is 10.8. The molecule has 25 heteroatoms. The number of hydrogen-bond donors (Lipinski definition) is 5. The minimum absolute atomic E-state index is 0.139. The largest absolute Gasteiger partial charge is 0.457 e. The van der Waals surface area contributed by atoms with E-state index in [-0.39, 0.29) is 6.10 Å². The van der Waals surface area contributed by atoms with Gasteiger partial charge in [0.1, 0.15) is 6.10 Å². The Morgan fingerprint density at radius 3 is 1.82 bits per heavy atom. The van der Waals surface area contributed by atoms with Crippen molar-refractivity contribution in [1.82, 2.24) is 0 Å². The van der Waals surface area contributed by atoms with Crippen molar-refractivity contribution in [3.05, 3.63) is 0 Å². The quantitative estimate of drug-likeness (QED) is 0.0424. The second-order valence-electron chi connectivity index (χ2n) is 10.0. The van der Waals surface area contributed by atoms with Gasteiger partial charge in [0.15, 0.2) is 8.32 Å². The van der Waals surface area contributed by atoms with Crippen LogP contribution < -0.4 is 0 Å². The molecular weight excluding hydrogens is 701 g/mol. The molecule has 38 heavy (non-hydrogen) atoms. The molecule has 1 saturated heterocycles. The van der Waals surface area contributed by atoms with Crippen LogP contribution in [0.25, 0.3) is 0 Å². The van der Waals surface area contributed by atoms with Gasteiger partial charge in [0.2, 0.25) is 47.6 Å². The van der Waals surface area contributed by atoms with Crippen LogP contribution >= 0.6 is 0 Å². The van der Waals surface area contributed by atoms with Gasteiger partial charge in [-0.25, -0.2) is 0 Å². The van der Waals surface area contributed by atoms with Gasteiger partial charge in [-0.2, -0.15) is 0 Å². The molecule has 5 N–H and O–H groups in total. The third kappa shape index (κ3) is 10.1. The van der Waals surface area contributed by atoms with Gasteiger partial charge in [0.05, 0.1) is 13.2 Å². The molecule has 1 aliphatic heterocycles. The maximum Gasteiger partial charge on any atom is 0.418 e. The highest BCUT2D eigenvalue weighted by Crippen LogP contribution is 2.37. The van der Waals surface area contributed by atoms with E-state index in [1.807, 2.05) is 26.2 Å². The lowest BCUT2D eigenvalue weighted by Crippen LogP contribution is -2.93. The maximum absolute atomic E-state index is 10.8. The van der Waals surface area contributed by atoms with Crippen molar-refractivity contribution in [2.24, 2.45) is 0 Å². The van der Waals surface area contributed by atoms with E-state index in [4.69, 9.17) is 34.5 Å².